The highest BCUT2D eigenvalue weighted by Crippen LogP contribution is 2.37. The van der Waals surface area contributed by atoms with Crippen molar-refractivity contribution >= 4 is 17.3 Å². The summed E-state index contributed by atoms with van der Waals surface area (Å²) in [4.78, 5) is 14.4. The fourth-order valence-corrected chi connectivity index (χ4v) is 3.03. The first kappa shape index (κ1) is 15.3. The summed E-state index contributed by atoms with van der Waals surface area (Å²) in [7, 11) is 0. The van der Waals surface area contributed by atoms with Crippen molar-refractivity contribution in [2.45, 2.75) is 6.17 Å². The number of anilines is 2. The van der Waals surface area contributed by atoms with Crippen molar-refractivity contribution < 1.29 is 13.6 Å². The molecule has 1 aliphatic rings. The van der Waals surface area contributed by atoms with Gasteiger partial charge in [-0.05, 0) is 42.0 Å². The maximum absolute atomic E-state index is 14.4. The smallest absolute Gasteiger partial charge is 0.262 e. The summed E-state index contributed by atoms with van der Waals surface area (Å²) in [5.41, 5.74) is 1.95. The summed E-state index contributed by atoms with van der Waals surface area (Å²) in [5, 5.41) is 3.25. The van der Waals surface area contributed by atoms with E-state index in [9.17, 15) is 13.6 Å². The van der Waals surface area contributed by atoms with Crippen molar-refractivity contribution in [3.05, 3.63) is 95.6 Å². The number of carbonyl (C=O) groups is 1. The molecule has 1 N–H and O–H groups in total. The molecule has 0 saturated heterocycles. The zero-order valence-electron chi connectivity index (χ0n) is 13.1. The molecule has 124 valence electrons. The fourth-order valence-electron chi connectivity index (χ4n) is 3.03. The summed E-state index contributed by atoms with van der Waals surface area (Å²) in [5.74, 6) is -1.18. The molecule has 0 saturated carbocycles. The predicted octanol–water partition coefficient (Wildman–Crippen LogP) is 4.74. The van der Waals surface area contributed by atoms with Gasteiger partial charge in [0.05, 0.1) is 11.3 Å². The Hall–Kier alpha value is -3.21. The third-order valence-electron chi connectivity index (χ3n) is 4.22. The number of carbonyl (C=O) groups excluding carboxylic acids is 1. The monoisotopic (exact) mass is 336 g/mol. The minimum absolute atomic E-state index is 0.170. The number of nitrogens with zero attached hydrogens (tertiary/aromatic N) is 1. The second-order valence-corrected chi connectivity index (χ2v) is 5.77. The molecule has 0 aliphatic carbocycles. The number of fused-ring (bicyclic) bond motifs is 1. The van der Waals surface area contributed by atoms with Crippen LogP contribution in [0.15, 0.2) is 72.8 Å². The Morgan fingerprint density at radius 1 is 0.840 bits per heavy atom. The summed E-state index contributed by atoms with van der Waals surface area (Å²) < 4.78 is 27.7. The normalized spacial score (nSPS) is 16.3. The standard InChI is InChI=1S/C20H14F2N2O/c21-14-11-9-13(10-12-14)19-23-17-7-3-1-5-15(17)20(25)24(19)18-8-4-2-6-16(18)22/h1-12,19,23H/t19-/m0/s1. The van der Waals surface area contributed by atoms with Crippen LogP contribution in [-0.4, -0.2) is 5.91 Å². The second-order valence-electron chi connectivity index (χ2n) is 5.77. The van der Waals surface area contributed by atoms with Crippen LogP contribution >= 0.6 is 0 Å². The number of nitrogens with one attached hydrogen (secondary N) is 1. The van der Waals surface area contributed by atoms with Gasteiger partial charge in [0.25, 0.3) is 5.91 Å². The number of halogens is 2. The van der Waals surface area contributed by atoms with Gasteiger partial charge in [0, 0.05) is 5.69 Å². The van der Waals surface area contributed by atoms with Crippen molar-refractivity contribution in [2.24, 2.45) is 0 Å². The van der Waals surface area contributed by atoms with E-state index in [0.717, 1.165) is 0 Å². The molecule has 0 aromatic heterocycles. The Morgan fingerprint density at radius 2 is 1.52 bits per heavy atom. The van der Waals surface area contributed by atoms with E-state index in [-0.39, 0.29) is 17.4 Å². The molecule has 5 heteroatoms. The van der Waals surface area contributed by atoms with E-state index in [1.165, 1.54) is 23.1 Å². The minimum Gasteiger partial charge on any atom is -0.360 e. The summed E-state index contributed by atoms with van der Waals surface area (Å²) >= 11 is 0. The zero-order chi connectivity index (χ0) is 17.4. The number of hydrogen-bond donors (Lipinski definition) is 1. The third kappa shape index (κ3) is 2.63. The highest BCUT2D eigenvalue weighted by atomic mass is 19.1. The predicted molar refractivity (Wildman–Crippen MR) is 92.4 cm³/mol. The second kappa shape index (κ2) is 6.02. The number of rotatable bonds is 2. The lowest BCUT2D eigenvalue weighted by molar-refractivity contribution is 0.0974. The quantitative estimate of drug-likeness (QED) is 0.733. The van der Waals surface area contributed by atoms with Gasteiger partial charge in [-0.15, -0.1) is 0 Å². The fraction of sp³-hybridized carbons (Fsp3) is 0.0500. The third-order valence-corrected chi connectivity index (χ3v) is 4.22. The first-order chi connectivity index (χ1) is 12.1. The van der Waals surface area contributed by atoms with E-state index in [4.69, 9.17) is 0 Å². The lowest BCUT2D eigenvalue weighted by atomic mass is 10.0. The molecule has 3 nitrogen and oxygen atoms in total. The van der Waals surface area contributed by atoms with Crippen molar-refractivity contribution in [2.75, 3.05) is 10.2 Å². The number of hydrogen-bond acceptors (Lipinski definition) is 2. The SMILES string of the molecule is O=C1c2ccccc2N[C@H](c2ccc(F)cc2)N1c1ccccc1F. The molecule has 1 atom stereocenters. The Kier molecular flexibility index (Phi) is 3.69. The van der Waals surface area contributed by atoms with Gasteiger partial charge in [0.1, 0.15) is 17.8 Å². The average molecular weight is 336 g/mol. The van der Waals surface area contributed by atoms with Gasteiger partial charge in [-0.1, -0.05) is 36.4 Å². The van der Waals surface area contributed by atoms with E-state index in [1.54, 1.807) is 48.5 Å². The Labute approximate surface area is 143 Å². The van der Waals surface area contributed by atoms with Crippen molar-refractivity contribution in [3.63, 3.8) is 0 Å². The Balaban J connectivity index is 1.89. The maximum atomic E-state index is 14.4. The van der Waals surface area contributed by atoms with Gasteiger partial charge in [-0.25, -0.2) is 8.78 Å². The minimum atomic E-state index is -0.639. The van der Waals surface area contributed by atoms with Crippen LogP contribution < -0.4 is 10.2 Å². The van der Waals surface area contributed by atoms with Gasteiger partial charge in [-0.2, -0.15) is 0 Å². The number of amides is 1. The van der Waals surface area contributed by atoms with Crippen molar-refractivity contribution in [1.82, 2.24) is 0 Å². The average Bonchev–Trinajstić information content (AvgIpc) is 2.63. The molecule has 0 spiro atoms. The van der Waals surface area contributed by atoms with Crippen molar-refractivity contribution in [1.29, 1.82) is 0 Å². The summed E-state index contributed by atoms with van der Waals surface area (Å²) in [6, 6.07) is 19.0. The van der Waals surface area contributed by atoms with E-state index in [2.05, 4.69) is 5.32 Å². The maximum Gasteiger partial charge on any atom is 0.262 e. The van der Waals surface area contributed by atoms with Crippen LogP contribution in [0.3, 0.4) is 0 Å². The molecule has 4 rings (SSSR count). The van der Waals surface area contributed by atoms with E-state index >= 15 is 0 Å². The van der Waals surface area contributed by atoms with Crippen LogP contribution in [0.2, 0.25) is 0 Å². The first-order valence-corrected chi connectivity index (χ1v) is 7.84. The number of benzene rings is 3. The lowest BCUT2D eigenvalue weighted by Gasteiger charge is -2.38. The Bertz CT molecular complexity index is 940. The molecular weight excluding hydrogens is 322 g/mol. The highest BCUT2D eigenvalue weighted by molar-refractivity contribution is 6.12. The largest absolute Gasteiger partial charge is 0.360 e. The molecule has 0 unspecified atom stereocenters. The highest BCUT2D eigenvalue weighted by Gasteiger charge is 2.35. The van der Waals surface area contributed by atoms with E-state index in [0.29, 0.717) is 16.8 Å². The van der Waals surface area contributed by atoms with Crippen LogP contribution in [0, 0.1) is 11.6 Å². The summed E-state index contributed by atoms with van der Waals surface area (Å²) in [6.07, 6.45) is -0.639. The van der Waals surface area contributed by atoms with Gasteiger partial charge in [-0.3, -0.25) is 9.69 Å². The van der Waals surface area contributed by atoms with Gasteiger partial charge in [0.2, 0.25) is 0 Å². The van der Waals surface area contributed by atoms with Crippen LogP contribution in [0.4, 0.5) is 20.2 Å². The van der Waals surface area contributed by atoms with Gasteiger partial charge >= 0.3 is 0 Å². The van der Waals surface area contributed by atoms with E-state index < -0.39 is 12.0 Å². The first-order valence-electron chi connectivity index (χ1n) is 7.84. The van der Waals surface area contributed by atoms with Crippen molar-refractivity contribution in [3.8, 4) is 0 Å². The van der Waals surface area contributed by atoms with Crippen LogP contribution in [0.5, 0.6) is 0 Å². The van der Waals surface area contributed by atoms with Gasteiger partial charge < -0.3 is 5.32 Å². The lowest BCUT2D eigenvalue weighted by Crippen LogP contribution is -2.43. The van der Waals surface area contributed by atoms with Gasteiger partial charge in [0.15, 0.2) is 0 Å². The topological polar surface area (TPSA) is 32.3 Å². The zero-order valence-corrected chi connectivity index (χ0v) is 13.1. The molecule has 1 aliphatic heterocycles. The number of para-hydroxylation sites is 2. The van der Waals surface area contributed by atoms with E-state index in [1.807, 2.05) is 6.07 Å². The van der Waals surface area contributed by atoms with Crippen LogP contribution in [0.1, 0.15) is 22.1 Å². The summed E-state index contributed by atoms with van der Waals surface area (Å²) in [6.45, 7) is 0. The van der Waals surface area contributed by atoms with Crippen LogP contribution in [0.25, 0.3) is 0 Å². The molecule has 0 radical (unpaired) electrons. The molecule has 3 aromatic rings. The molecule has 0 fully saturated rings. The molecule has 1 amide bonds. The molecule has 1 heterocycles. The Morgan fingerprint density at radius 3 is 2.28 bits per heavy atom. The molecule has 25 heavy (non-hydrogen) atoms. The molecule has 0 bridgehead atoms. The molecular formula is C20H14F2N2O. The molecule has 3 aromatic carbocycles. The van der Waals surface area contributed by atoms with Crippen LogP contribution in [-0.2, 0) is 0 Å².